The molecular weight excluding hydrogens is 156 g/mol. The predicted molar refractivity (Wildman–Crippen MR) is 42.8 cm³/mol. The van der Waals surface area contributed by atoms with Crippen molar-refractivity contribution in [1.82, 2.24) is 15.4 Å². The van der Waals surface area contributed by atoms with Crippen LogP contribution >= 0.6 is 0 Å². The summed E-state index contributed by atoms with van der Waals surface area (Å²) in [7, 11) is 0. The van der Waals surface area contributed by atoms with Crippen molar-refractivity contribution in [1.29, 1.82) is 0 Å². The van der Waals surface area contributed by atoms with Crippen molar-refractivity contribution in [2.24, 2.45) is 0 Å². The first kappa shape index (κ1) is 8.01. The van der Waals surface area contributed by atoms with Gasteiger partial charge in [0.25, 0.3) is 0 Å². The molecule has 0 atom stereocenters. The van der Waals surface area contributed by atoms with Gasteiger partial charge in [-0.25, -0.2) is 9.97 Å². The summed E-state index contributed by atoms with van der Waals surface area (Å²) < 4.78 is 0. The van der Waals surface area contributed by atoms with Crippen molar-refractivity contribution in [2.45, 2.75) is 0 Å². The molecule has 5 nitrogen and oxygen atoms in total. The van der Waals surface area contributed by atoms with Crippen LogP contribution in [0.1, 0.15) is 5.69 Å². The van der Waals surface area contributed by atoms with E-state index in [4.69, 9.17) is 6.42 Å². The number of carbonyl (C=O) groups is 1. The third kappa shape index (κ3) is 1.70. The Morgan fingerprint density at radius 1 is 1.50 bits per heavy atom. The largest absolute Gasteiger partial charge is 0.280 e. The molecular formula is C7H6N4O. The maximum absolute atomic E-state index is 9.90. The van der Waals surface area contributed by atoms with Crippen LogP contribution in [0.4, 0.5) is 5.82 Å². The van der Waals surface area contributed by atoms with Gasteiger partial charge in [0.2, 0.25) is 6.41 Å². The summed E-state index contributed by atoms with van der Waals surface area (Å²) in [6.45, 7) is 0. The zero-order valence-corrected chi connectivity index (χ0v) is 6.11. The van der Waals surface area contributed by atoms with Gasteiger partial charge in [-0.3, -0.25) is 15.6 Å². The van der Waals surface area contributed by atoms with Gasteiger partial charge in [0.15, 0.2) is 11.5 Å². The van der Waals surface area contributed by atoms with E-state index >= 15 is 0 Å². The molecule has 0 spiro atoms. The van der Waals surface area contributed by atoms with Gasteiger partial charge < -0.3 is 0 Å². The monoisotopic (exact) mass is 162 g/mol. The summed E-state index contributed by atoms with van der Waals surface area (Å²) in [6.07, 6.45) is 8.54. The minimum Gasteiger partial charge on any atom is -0.280 e. The Hall–Kier alpha value is -2.09. The van der Waals surface area contributed by atoms with Crippen LogP contribution in [0.3, 0.4) is 0 Å². The van der Waals surface area contributed by atoms with Gasteiger partial charge in [-0.2, -0.15) is 0 Å². The Labute approximate surface area is 69.2 Å². The lowest BCUT2D eigenvalue weighted by molar-refractivity contribution is -0.109. The number of rotatable bonds is 3. The summed E-state index contributed by atoms with van der Waals surface area (Å²) in [4.78, 5) is 17.6. The van der Waals surface area contributed by atoms with Crippen molar-refractivity contribution in [3.63, 3.8) is 0 Å². The minimum absolute atomic E-state index is 0.354. The smallest absolute Gasteiger partial charge is 0.225 e. The number of hydrazine groups is 1. The normalized spacial score (nSPS) is 8.25. The molecule has 1 aromatic heterocycles. The van der Waals surface area contributed by atoms with Crippen LogP contribution in [-0.4, -0.2) is 16.4 Å². The molecule has 1 aromatic rings. The molecule has 0 saturated heterocycles. The molecule has 2 N–H and O–H groups in total. The van der Waals surface area contributed by atoms with Crippen LogP contribution in [-0.2, 0) is 4.79 Å². The van der Waals surface area contributed by atoms with Crippen LogP contribution in [0, 0.1) is 12.3 Å². The van der Waals surface area contributed by atoms with Gasteiger partial charge in [0.05, 0.1) is 0 Å². The zero-order chi connectivity index (χ0) is 8.81. The SMILES string of the molecule is C#Cc1nccnc1NNC=O. The van der Waals surface area contributed by atoms with Gasteiger partial charge in [0, 0.05) is 12.4 Å². The molecule has 0 aliphatic heterocycles. The third-order valence-electron chi connectivity index (χ3n) is 1.08. The van der Waals surface area contributed by atoms with E-state index in [9.17, 15) is 4.79 Å². The van der Waals surface area contributed by atoms with Crippen molar-refractivity contribution in [2.75, 3.05) is 5.43 Å². The van der Waals surface area contributed by atoms with E-state index in [1.807, 2.05) is 0 Å². The number of aromatic nitrogens is 2. The van der Waals surface area contributed by atoms with E-state index in [-0.39, 0.29) is 0 Å². The molecule has 0 aliphatic rings. The average Bonchev–Trinajstić information content (AvgIpc) is 2.15. The minimum atomic E-state index is 0.354. The van der Waals surface area contributed by atoms with Crippen molar-refractivity contribution in [3.05, 3.63) is 18.1 Å². The summed E-state index contributed by atoms with van der Waals surface area (Å²) in [5.74, 6) is 2.67. The van der Waals surface area contributed by atoms with E-state index < -0.39 is 0 Å². The van der Waals surface area contributed by atoms with E-state index in [0.29, 0.717) is 17.9 Å². The van der Waals surface area contributed by atoms with Crippen LogP contribution in [0.15, 0.2) is 12.4 Å². The molecule has 0 bridgehead atoms. The first-order valence-corrected chi connectivity index (χ1v) is 3.11. The summed E-state index contributed by atoms with van der Waals surface area (Å²) in [5, 5.41) is 0. The highest BCUT2D eigenvalue weighted by Gasteiger charge is 1.98. The number of nitrogens with one attached hydrogen (secondary N) is 2. The predicted octanol–water partition coefficient (Wildman–Crippen LogP) is -0.469. The van der Waals surface area contributed by atoms with E-state index in [1.54, 1.807) is 0 Å². The molecule has 12 heavy (non-hydrogen) atoms. The lowest BCUT2D eigenvalue weighted by atomic mass is 10.4. The number of hydrogen-bond acceptors (Lipinski definition) is 4. The second-order valence-electron chi connectivity index (χ2n) is 1.79. The van der Waals surface area contributed by atoms with Gasteiger partial charge in [-0.05, 0) is 5.92 Å². The first-order valence-electron chi connectivity index (χ1n) is 3.11. The molecule has 1 amide bonds. The van der Waals surface area contributed by atoms with Gasteiger partial charge >= 0.3 is 0 Å². The molecule has 0 aliphatic carbocycles. The number of carbonyl (C=O) groups excluding carboxylic acids is 1. The van der Waals surface area contributed by atoms with Crippen LogP contribution in [0.25, 0.3) is 0 Å². The maximum Gasteiger partial charge on any atom is 0.225 e. The summed E-state index contributed by atoms with van der Waals surface area (Å²) >= 11 is 0. The summed E-state index contributed by atoms with van der Waals surface area (Å²) in [5.41, 5.74) is 5.04. The highest BCUT2D eigenvalue weighted by molar-refractivity contribution is 5.54. The quantitative estimate of drug-likeness (QED) is 0.358. The van der Waals surface area contributed by atoms with E-state index in [2.05, 4.69) is 26.7 Å². The fraction of sp³-hybridized carbons (Fsp3) is 0. The number of nitrogens with zero attached hydrogens (tertiary/aromatic N) is 2. The van der Waals surface area contributed by atoms with E-state index in [0.717, 1.165) is 0 Å². The number of terminal acetylenes is 1. The highest BCUT2D eigenvalue weighted by atomic mass is 16.1. The maximum atomic E-state index is 9.90. The molecule has 0 unspecified atom stereocenters. The first-order chi connectivity index (χ1) is 5.88. The molecule has 1 rings (SSSR count). The average molecular weight is 162 g/mol. The highest BCUT2D eigenvalue weighted by Crippen LogP contribution is 2.03. The molecule has 60 valence electrons. The Morgan fingerprint density at radius 2 is 2.25 bits per heavy atom. The molecule has 0 fully saturated rings. The summed E-state index contributed by atoms with van der Waals surface area (Å²) in [6, 6.07) is 0. The molecule has 5 heteroatoms. The second kappa shape index (κ2) is 3.93. The Kier molecular flexibility index (Phi) is 2.62. The van der Waals surface area contributed by atoms with E-state index in [1.165, 1.54) is 12.4 Å². The van der Waals surface area contributed by atoms with Gasteiger partial charge in [-0.15, -0.1) is 6.42 Å². The molecule has 0 saturated carbocycles. The topological polar surface area (TPSA) is 66.9 Å². The second-order valence-corrected chi connectivity index (χ2v) is 1.79. The fourth-order valence-corrected chi connectivity index (χ4v) is 0.633. The van der Waals surface area contributed by atoms with Crippen LogP contribution < -0.4 is 10.9 Å². The third-order valence-corrected chi connectivity index (χ3v) is 1.08. The Balaban J connectivity index is 2.83. The van der Waals surface area contributed by atoms with Crippen molar-refractivity contribution in [3.8, 4) is 12.3 Å². The van der Waals surface area contributed by atoms with Gasteiger partial charge in [0.1, 0.15) is 0 Å². The Morgan fingerprint density at radius 3 is 2.92 bits per heavy atom. The van der Waals surface area contributed by atoms with Crippen LogP contribution in [0.5, 0.6) is 0 Å². The lowest BCUT2D eigenvalue weighted by Crippen LogP contribution is -2.20. The fourth-order valence-electron chi connectivity index (χ4n) is 0.633. The number of anilines is 1. The standard InChI is InChI=1S/C7H6N4O/c1-2-6-7(11-10-5-12)9-4-3-8-6/h1,3-5H,(H,9,11)(H,10,12). The number of amides is 1. The molecule has 0 radical (unpaired) electrons. The van der Waals surface area contributed by atoms with Crippen molar-refractivity contribution < 1.29 is 4.79 Å². The zero-order valence-electron chi connectivity index (χ0n) is 6.11. The van der Waals surface area contributed by atoms with Gasteiger partial charge in [-0.1, -0.05) is 0 Å². The molecule has 0 aromatic carbocycles. The lowest BCUT2D eigenvalue weighted by Gasteiger charge is -2.02. The number of hydrogen-bond donors (Lipinski definition) is 2. The molecule has 1 heterocycles. The Bertz CT molecular complexity index is 317. The van der Waals surface area contributed by atoms with Crippen molar-refractivity contribution >= 4 is 12.2 Å². The van der Waals surface area contributed by atoms with Crippen LogP contribution in [0.2, 0.25) is 0 Å².